The number of hydrogen-bond acceptors (Lipinski definition) is 1. The van der Waals surface area contributed by atoms with Crippen LogP contribution in [-0.2, 0) is 0 Å². The molecule has 0 amide bonds. The molecule has 0 radical (unpaired) electrons. The molecule has 0 saturated heterocycles. The fourth-order valence-electron chi connectivity index (χ4n) is 2.27. The Labute approximate surface area is 77.8 Å². The second-order valence-corrected chi connectivity index (χ2v) is 4.10. The van der Waals surface area contributed by atoms with Crippen LogP contribution in [0.25, 0.3) is 0 Å². The summed E-state index contributed by atoms with van der Waals surface area (Å²) in [6.45, 7) is 2.27. The van der Waals surface area contributed by atoms with Gasteiger partial charge in [0.15, 0.2) is 0 Å². The normalized spacial score (nSPS) is 29.0. The highest BCUT2D eigenvalue weighted by atomic mass is 16.1. The van der Waals surface area contributed by atoms with Crippen molar-refractivity contribution in [1.29, 1.82) is 0 Å². The summed E-state index contributed by atoms with van der Waals surface area (Å²) >= 11 is 0. The van der Waals surface area contributed by atoms with Crippen molar-refractivity contribution in [2.75, 3.05) is 0 Å². The van der Waals surface area contributed by atoms with E-state index >= 15 is 0 Å². The van der Waals surface area contributed by atoms with Crippen molar-refractivity contribution in [2.24, 2.45) is 5.92 Å². The maximum absolute atomic E-state index is 11.3. The third kappa shape index (κ3) is 1.69. The predicted molar refractivity (Wildman–Crippen MR) is 51.7 cm³/mol. The molecule has 3 nitrogen and oxygen atoms in total. The Morgan fingerprint density at radius 2 is 2.38 bits per heavy atom. The van der Waals surface area contributed by atoms with Gasteiger partial charge in [0, 0.05) is 18.4 Å². The zero-order chi connectivity index (χ0) is 9.26. The van der Waals surface area contributed by atoms with Gasteiger partial charge in [-0.1, -0.05) is 19.8 Å². The van der Waals surface area contributed by atoms with Gasteiger partial charge < -0.3 is 4.98 Å². The summed E-state index contributed by atoms with van der Waals surface area (Å²) in [4.78, 5) is 14.0. The monoisotopic (exact) mass is 180 g/mol. The van der Waals surface area contributed by atoms with Crippen LogP contribution in [0.3, 0.4) is 0 Å². The van der Waals surface area contributed by atoms with Crippen LogP contribution in [0.4, 0.5) is 0 Å². The van der Waals surface area contributed by atoms with Gasteiger partial charge in [-0.15, -0.1) is 0 Å². The van der Waals surface area contributed by atoms with E-state index in [4.69, 9.17) is 0 Å². The largest absolute Gasteiger partial charge is 0.325 e. The number of nitrogens with one attached hydrogen (secondary N) is 1. The number of imidazole rings is 1. The lowest BCUT2D eigenvalue weighted by molar-refractivity contribution is 0.278. The Morgan fingerprint density at radius 1 is 1.54 bits per heavy atom. The summed E-state index contributed by atoms with van der Waals surface area (Å²) in [5.74, 6) is 0.764. The number of aromatic nitrogens is 2. The quantitative estimate of drug-likeness (QED) is 0.704. The minimum Gasteiger partial charge on any atom is -0.313 e. The molecule has 1 heterocycles. The summed E-state index contributed by atoms with van der Waals surface area (Å²) < 4.78 is 1.84. The standard InChI is InChI=1S/C10H16N2O/c1-8-3-2-4-9(7-8)12-6-5-11-10(12)13/h5-6,8-9H,2-4,7H2,1H3,(H,11,13). The first kappa shape index (κ1) is 8.60. The molecule has 1 fully saturated rings. The van der Waals surface area contributed by atoms with Crippen molar-refractivity contribution >= 4 is 0 Å². The number of hydrogen-bond donors (Lipinski definition) is 1. The smallest absolute Gasteiger partial charge is 0.313 e. The van der Waals surface area contributed by atoms with Gasteiger partial charge in [-0.3, -0.25) is 4.57 Å². The molecular weight excluding hydrogens is 164 g/mol. The van der Waals surface area contributed by atoms with E-state index in [0.29, 0.717) is 6.04 Å². The Morgan fingerprint density at radius 3 is 3.00 bits per heavy atom. The van der Waals surface area contributed by atoms with E-state index in [9.17, 15) is 4.79 Å². The van der Waals surface area contributed by atoms with Crippen molar-refractivity contribution in [3.8, 4) is 0 Å². The first-order chi connectivity index (χ1) is 6.27. The zero-order valence-electron chi connectivity index (χ0n) is 7.99. The molecule has 0 bridgehead atoms. The minimum absolute atomic E-state index is 0.0408. The van der Waals surface area contributed by atoms with E-state index < -0.39 is 0 Å². The molecule has 2 atom stereocenters. The van der Waals surface area contributed by atoms with Crippen LogP contribution in [0.15, 0.2) is 17.2 Å². The van der Waals surface area contributed by atoms with Gasteiger partial charge in [0.1, 0.15) is 0 Å². The number of nitrogens with zero attached hydrogens (tertiary/aromatic N) is 1. The second kappa shape index (κ2) is 3.40. The Bertz CT molecular complexity index is 326. The van der Waals surface area contributed by atoms with Crippen LogP contribution in [0, 0.1) is 5.92 Å². The van der Waals surface area contributed by atoms with E-state index in [2.05, 4.69) is 11.9 Å². The fourth-order valence-corrected chi connectivity index (χ4v) is 2.27. The van der Waals surface area contributed by atoms with Gasteiger partial charge in [0.25, 0.3) is 0 Å². The van der Waals surface area contributed by atoms with Gasteiger partial charge in [-0.2, -0.15) is 0 Å². The average Bonchev–Trinajstić information content (AvgIpc) is 2.51. The van der Waals surface area contributed by atoms with Crippen LogP contribution in [0.2, 0.25) is 0 Å². The Hall–Kier alpha value is -0.990. The van der Waals surface area contributed by atoms with Crippen molar-refractivity contribution in [2.45, 2.75) is 38.6 Å². The molecule has 0 aliphatic heterocycles. The van der Waals surface area contributed by atoms with Crippen molar-refractivity contribution in [3.63, 3.8) is 0 Å². The molecule has 3 heteroatoms. The SMILES string of the molecule is CC1CCCC(n2cc[nH]c2=O)C1. The third-order valence-electron chi connectivity index (χ3n) is 2.98. The molecule has 1 N–H and O–H groups in total. The Balaban J connectivity index is 2.17. The van der Waals surface area contributed by atoms with Gasteiger partial charge >= 0.3 is 5.69 Å². The van der Waals surface area contributed by atoms with Crippen LogP contribution < -0.4 is 5.69 Å². The topological polar surface area (TPSA) is 37.8 Å². The number of aromatic amines is 1. The van der Waals surface area contributed by atoms with Crippen molar-refractivity contribution in [1.82, 2.24) is 9.55 Å². The second-order valence-electron chi connectivity index (χ2n) is 4.10. The Kier molecular flexibility index (Phi) is 2.25. The van der Waals surface area contributed by atoms with Gasteiger partial charge in [0.05, 0.1) is 0 Å². The minimum atomic E-state index is 0.0408. The summed E-state index contributed by atoms with van der Waals surface area (Å²) in [5.41, 5.74) is 0.0408. The molecule has 0 spiro atoms. The molecule has 1 saturated carbocycles. The summed E-state index contributed by atoms with van der Waals surface area (Å²) in [7, 11) is 0. The molecule has 72 valence electrons. The van der Waals surface area contributed by atoms with E-state index in [0.717, 1.165) is 18.8 Å². The zero-order valence-corrected chi connectivity index (χ0v) is 7.99. The molecule has 1 aromatic heterocycles. The lowest BCUT2D eigenvalue weighted by atomic mass is 9.87. The highest BCUT2D eigenvalue weighted by Gasteiger charge is 2.20. The molecule has 1 aliphatic carbocycles. The number of rotatable bonds is 1. The summed E-state index contributed by atoms with van der Waals surface area (Å²) in [6, 6.07) is 0.433. The molecule has 0 aromatic carbocycles. The maximum Gasteiger partial charge on any atom is 0.325 e. The predicted octanol–water partition coefficient (Wildman–Crippen LogP) is 1.93. The highest BCUT2D eigenvalue weighted by molar-refractivity contribution is 4.84. The maximum atomic E-state index is 11.3. The lowest BCUT2D eigenvalue weighted by Crippen LogP contribution is -2.25. The molecule has 1 aliphatic rings. The van der Waals surface area contributed by atoms with Crippen LogP contribution in [-0.4, -0.2) is 9.55 Å². The molecule has 2 rings (SSSR count). The van der Waals surface area contributed by atoms with E-state index in [1.54, 1.807) is 6.20 Å². The van der Waals surface area contributed by atoms with Crippen molar-refractivity contribution in [3.05, 3.63) is 22.9 Å². The van der Waals surface area contributed by atoms with Crippen LogP contribution >= 0.6 is 0 Å². The lowest BCUT2D eigenvalue weighted by Gasteiger charge is -2.26. The van der Waals surface area contributed by atoms with Gasteiger partial charge in [-0.25, -0.2) is 4.79 Å². The molecule has 2 unspecified atom stereocenters. The molecular formula is C10H16N2O. The highest BCUT2D eigenvalue weighted by Crippen LogP contribution is 2.30. The summed E-state index contributed by atoms with van der Waals surface area (Å²) in [5, 5.41) is 0. The summed E-state index contributed by atoms with van der Waals surface area (Å²) in [6.07, 6.45) is 8.46. The van der Waals surface area contributed by atoms with Gasteiger partial charge in [-0.05, 0) is 18.8 Å². The van der Waals surface area contributed by atoms with Crippen LogP contribution in [0.5, 0.6) is 0 Å². The van der Waals surface area contributed by atoms with E-state index in [-0.39, 0.29) is 5.69 Å². The average molecular weight is 180 g/mol. The van der Waals surface area contributed by atoms with Gasteiger partial charge in [0.2, 0.25) is 0 Å². The third-order valence-corrected chi connectivity index (χ3v) is 2.98. The number of H-pyrrole nitrogens is 1. The van der Waals surface area contributed by atoms with E-state index in [1.165, 1.54) is 12.8 Å². The first-order valence-corrected chi connectivity index (χ1v) is 5.03. The van der Waals surface area contributed by atoms with E-state index in [1.807, 2.05) is 10.8 Å². The van der Waals surface area contributed by atoms with Crippen LogP contribution in [0.1, 0.15) is 38.6 Å². The van der Waals surface area contributed by atoms with Crippen molar-refractivity contribution < 1.29 is 0 Å². The first-order valence-electron chi connectivity index (χ1n) is 5.03. The fraction of sp³-hybridized carbons (Fsp3) is 0.700. The molecule has 1 aromatic rings. The molecule has 13 heavy (non-hydrogen) atoms.